The molecule has 0 radical (unpaired) electrons. The van der Waals surface area contributed by atoms with Crippen molar-refractivity contribution < 1.29 is 19.7 Å². The van der Waals surface area contributed by atoms with Crippen LogP contribution >= 0.6 is 11.6 Å². The zero-order chi connectivity index (χ0) is 21.5. The number of aromatic nitrogens is 2. The van der Waals surface area contributed by atoms with Crippen LogP contribution in [0.1, 0.15) is 40.2 Å². The number of hydrogen-bond donors (Lipinski definition) is 2. The summed E-state index contributed by atoms with van der Waals surface area (Å²) in [4.78, 5) is 16.5. The van der Waals surface area contributed by atoms with E-state index in [9.17, 15) is 15.0 Å². The molecule has 0 aliphatic heterocycles. The Bertz CT molecular complexity index is 1000. The maximum absolute atomic E-state index is 12.1. The van der Waals surface area contributed by atoms with E-state index >= 15 is 0 Å². The van der Waals surface area contributed by atoms with Gasteiger partial charge in [-0.1, -0.05) is 41.9 Å². The summed E-state index contributed by atoms with van der Waals surface area (Å²) in [5.74, 6) is -0.484. The molecule has 30 heavy (non-hydrogen) atoms. The van der Waals surface area contributed by atoms with Crippen LogP contribution in [0.25, 0.3) is 0 Å². The fraction of sp³-hybridized carbons (Fsp3) is 0.304. The number of hydrogen-bond acceptors (Lipinski definition) is 5. The minimum atomic E-state index is -0.700. The van der Waals surface area contributed by atoms with Gasteiger partial charge in [-0.05, 0) is 36.8 Å². The molecule has 0 amide bonds. The van der Waals surface area contributed by atoms with Crippen molar-refractivity contribution in [2.24, 2.45) is 0 Å². The number of esters is 1. The number of nitrogens with zero attached hydrogens (tertiary/aromatic N) is 2. The molecule has 0 aliphatic carbocycles. The predicted molar refractivity (Wildman–Crippen MR) is 115 cm³/mol. The number of methoxy groups -OCH3 is 1. The minimum Gasteiger partial charge on any atom is -0.507 e. The highest BCUT2D eigenvalue weighted by atomic mass is 35.5. The Morgan fingerprint density at radius 2 is 1.87 bits per heavy atom. The third-order valence-corrected chi connectivity index (χ3v) is 5.49. The zero-order valence-corrected chi connectivity index (χ0v) is 17.6. The highest BCUT2D eigenvalue weighted by molar-refractivity contribution is 6.33. The van der Waals surface area contributed by atoms with Gasteiger partial charge in [0.25, 0.3) is 0 Å². The van der Waals surface area contributed by atoms with Gasteiger partial charge < -0.3 is 19.5 Å². The van der Waals surface area contributed by atoms with Crippen molar-refractivity contribution in [1.29, 1.82) is 0 Å². The first-order chi connectivity index (χ1) is 14.5. The Kier molecular flexibility index (Phi) is 7.36. The second-order valence-corrected chi connectivity index (χ2v) is 7.43. The van der Waals surface area contributed by atoms with Gasteiger partial charge in [-0.15, -0.1) is 0 Å². The summed E-state index contributed by atoms with van der Waals surface area (Å²) in [5.41, 5.74) is 1.65. The number of rotatable bonds is 9. The quantitative estimate of drug-likeness (QED) is 0.386. The van der Waals surface area contributed by atoms with E-state index in [1.807, 2.05) is 12.3 Å². The molecule has 7 heteroatoms. The molecule has 0 saturated heterocycles. The first kappa shape index (κ1) is 21.7. The van der Waals surface area contributed by atoms with Crippen LogP contribution in [-0.4, -0.2) is 32.8 Å². The van der Waals surface area contributed by atoms with Crippen LogP contribution in [-0.2, 0) is 30.5 Å². The van der Waals surface area contributed by atoms with Crippen LogP contribution in [0, 0.1) is 0 Å². The van der Waals surface area contributed by atoms with Gasteiger partial charge in [0, 0.05) is 31.4 Å². The van der Waals surface area contributed by atoms with Crippen LogP contribution in [0.4, 0.5) is 0 Å². The number of halogens is 1. The first-order valence-corrected chi connectivity index (χ1v) is 10.2. The fourth-order valence-corrected chi connectivity index (χ4v) is 3.76. The smallest absolute Gasteiger partial charge is 0.341 e. The van der Waals surface area contributed by atoms with E-state index in [0.29, 0.717) is 18.4 Å². The van der Waals surface area contributed by atoms with Gasteiger partial charge in [0.1, 0.15) is 22.9 Å². The van der Waals surface area contributed by atoms with Gasteiger partial charge in [-0.3, -0.25) is 0 Å². The monoisotopic (exact) mass is 428 g/mol. The first-order valence-electron chi connectivity index (χ1n) is 9.86. The molecule has 0 spiro atoms. The van der Waals surface area contributed by atoms with Crippen molar-refractivity contribution in [1.82, 2.24) is 9.55 Å². The molecule has 0 saturated carbocycles. The van der Waals surface area contributed by atoms with E-state index in [2.05, 4.69) is 33.8 Å². The molecule has 3 rings (SSSR count). The van der Waals surface area contributed by atoms with Gasteiger partial charge in [0.2, 0.25) is 0 Å². The average Bonchev–Trinajstić information content (AvgIpc) is 3.20. The summed E-state index contributed by atoms with van der Waals surface area (Å²) in [6.45, 7) is 0.838. The van der Waals surface area contributed by atoms with Gasteiger partial charge in [0.05, 0.1) is 12.1 Å². The Hall–Kier alpha value is -2.99. The number of benzene rings is 2. The van der Waals surface area contributed by atoms with Crippen LogP contribution in [0.3, 0.4) is 0 Å². The lowest BCUT2D eigenvalue weighted by molar-refractivity contribution is 0.0596. The Balaban J connectivity index is 1.65. The summed E-state index contributed by atoms with van der Waals surface area (Å²) in [7, 11) is 1.23. The predicted octanol–water partition coefficient (Wildman–Crippen LogP) is 4.54. The van der Waals surface area contributed by atoms with E-state index in [0.717, 1.165) is 37.7 Å². The van der Waals surface area contributed by atoms with Crippen molar-refractivity contribution in [3.8, 4) is 11.5 Å². The topological polar surface area (TPSA) is 84.6 Å². The summed E-state index contributed by atoms with van der Waals surface area (Å²) in [5, 5.41) is 20.1. The lowest BCUT2D eigenvalue weighted by Gasteiger charge is -2.14. The number of unbranched alkanes of at least 4 members (excludes halogenated alkanes) is 1. The van der Waals surface area contributed by atoms with E-state index < -0.39 is 5.97 Å². The second kappa shape index (κ2) is 10.2. The molecule has 158 valence electrons. The third kappa shape index (κ3) is 5.13. The molecule has 6 nitrogen and oxygen atoms in total. The molecule has 0 atom stereocenters. The Morgan fingerprint density at radius 1 is 1.10 bits per heavy atom. The number of carbonyl (C=O) groups is 1. The van der Waals surface area contributed by atoms with E-state index in [4.69, 9.17) is 16.3 Å². The number of aryl methyl sites for hydroxylation is 3. The lowest BCUT2D eigenvalue weighted by Crippen LogP contribution is -2.10. The van der Waals surface area contributed by atoms with Crippen LogP contribution in [0.2, 0.25) is 5.02 Å². The standard InChI is InChI=1S/C23H25ClN2O4/c1-30-23(29)21-17(22(24)19(28)15-18(21)27)10-11-20-25-12-14-26(20)13-6-5-9-16-7-3-2-4-8-16/h2-4,7-8,12,14-15,27-28H,5-6,9-11,13H2,1H3. The largest absolute Gasteiger partial charge is 0.507 e. The zero-order valence-electron chi connectivity index (χ0n) is 16.8. The third-order valence-electron chi connectivity index (χ3n) is 5.07. The maximum atomic E-state index is 12.1. The average molecular weight is 429 g/mol. The highest BCUT2D eigenvalue weighted by Crippen LogP contribution is 2.37. The summed E-state index contributed by atoms with van der Waals surface area (Å²) in [6.07, 6.45) is 7.62. The lowest BCUT2D eigenvalue weighted by atomic mass is 10.0. The number of phenolic OH excluding ortho intramolecular Hbond substituents is 2. The second-order valence-electron chi connectivity index (χ2n) is 7.05. The molecular weight excluding hydrogens is 404 g/mol. The van der Waals surface area contributed by atoms with Gasteiger partial charge in [-0.2, -0.15) is 0 Å². The summed E-state index contributed by atoms with van der Waals surface area (Å²) in [6, 6.07) is 11.4. The molecule has 1 heterocycles. The van der Waals surface area contributed by atoms with Gasteiger partial charge >= 0.3 is 5.97 Å². The number of phenols is 2. The number of carbonyl (C=O) groups excluding carboxylic acids is 1. The molecule has 0 bridgehead atoms. The SMILES string of the molecule is COC(=O)c1c(O)cc(O)c(Cl)c1CCc1nccn1CCCCc1ccccc1. The fourth-order valence-electron chi connectivity index (χ4n) is 3.51. The summed E-state index contributed by atoms with van der Waals surface area (Å²) < 4.78 is 6.84. The van der Waals surface area contributed by atoms with Crippen molar-refractivity contribution >= 4 is 17.6 Å². The van der Waals surface area contributed by atoms with E-state index in [1.54, 1.807) is 6.20 Å². The van der Waals surface area contributed by atoms with Crippen LogP contribution in [0.15, 0.2) is 48.8 Å². The molecule has 2 N–H and O–H groups in total. The Labute approximate surface area is 180 Å². The molecule has 0 unspecified atom stereocenters. The van der Waals surface area contributed by atoms with Crippen molar-refractivity contribution in [2.45, 2.75) is 38.6 Å². The molecule has 0 aliphatic rings. The minimum absolute atomic E-state index is 0.0266. The van der Waals surface area contributed by atoms with Crippen molar-refractivity contribution in [3.05, 3.63) is 76.3 Å². The molecule has 3 aromatic rings. The molecular formula is C23H25ClN2O4. The maximum Gasteiger partial charge on any atom is 0.341 e. The van der Waals surface area contributed by atoms with Crippen LogP contribution in [0.5, 0.6) is 11.5 Å². The highest BCUT2D eigenvalue weighted by Gasteiger charge is 2.23. The van der Waals surface area contributed by atoms with Crippen molar-refractivity contribution in [3.63, 3.8) is 0 Å². The van der Waals surface area contributed by atoms with E-state index in [-0.39, 0.29) is 22.1 Å². The normalized spacial score (nSPS) is 10.9. The number of ether oxygens (including phenoxy) is 1. The number of imidazole rings is 1. The van der Waals surface area contributed by atoms with Crippen LogP contribution < -0.4 is 0 Å². The van der Waals surface area contributed by atoms with Gasteiger partial charge in [-0.25, -0.2) is 9.78 Å². The number of aromatic hydroxyl groups is 2. The Morgan fingerprint density at radius 3 is 2.60 bits per heavy atom. The van der Waals surface area contributed by atoms with Crippen molar-refractivity contribution in [2.75, 3.05) is 7.11 Å². The molecule has 0 fully saturated rings. The van der Waals surface area contributed by atoms with Gasteiger partial charge in [0.15, 0.2) is 0 Å². The van der Waals surface area contributed by atoms with E-state index in [1.165, 1.54) is 12.7 Å². The molecule has 1 aromatic heterocycles. The summed E-state index contributed by atoms with van der Waals surface area (Å²) >= 11 is 6.22. The molecule has 2 aromatic carbocycles.